The minimum atomic E-state index is -2.40. The molecule has 3 heteroatoms. The Hall–Kier alpha value is -1.38. The summed E-state index contributed by atoms with van der Waals surface area (Å²) in [5.41, 5.74) is 4.68. The molecule has 1 heterocycles. The average molecular weight is 139 g/mol. The van der Waals surface area contributed by atoms with Crippen molar-refractivity contribution in [3.63, 3.8) is 0 Å². The number of rotatable bonds is 1. The standard InChI is InChI=1S/C7H8N2O/c1-5-6(7(8)10)3-2-4-9-5/h2-4H,1H3,(H2,8,10)/i1D3. The van der Waals surface area contributed by atoms with Gasteiger partial charge in [-0.25, -0.2) is 0 Å². The van der Waals surface area contributed by atoms with Crippen LogP contribution in [0.4, 0.5) is 0 Å². The Morgan fingerprint density at radius 2 is 2.70 bits per heavy atom. The number of hydrogen-bond donors (Lipinski definition) is 1. The van der Waals surface area contributed by atoms with Crippen molar-refractivity contribution >= 4 is 5.91 Å². The van der Waals surface area contributed by atoms with E-state index in [0.717, 1.165) is 0 Å². The Morgan fingerprint density at radius 3 is 3.20 bits per heavy atom. The van der Waals surface area contributed by atoms with Crippen LogP contribution in [0, 0.1) is 6.85 Å². The maximum absolute atomic E-state index is 10.8. The third kappa shape index (κ3) is 1.13. The first-order chi connectivity index (χ1) is 5.93. The van der Waals surface area contributed by atoms with Crippen molar-refractivity contribution in [1.82, 2.24) is 4.98 Å². The van der Waals surface area contributed by atoms with E-state index < -0.39 is 12.8 Å². The molecule has 0 saturated carbocycles. The quantitative estimate of drug-likeness (QED) is 0.615. The van der Waals surface area contributed by atoms with E-state index in [9.17, 15) is 4.79 Å². The van der Waals surface area contributed by atoms with Crippen molar-refractivity contribution in [2.75, 3.05) is 0 Å². The molecule has 0 aliphatic rings. The van der Waals surface area contributed by atoms with Crippen LogP contribution < -0.4 is 5.73 Å². The van der Waals surface area contributed by atoms with Gasteiger partial charge in [0.15, 0.2) is 0 Å². The molecule has 3 nitrogen and oxygen atoms in total. The molecule has 0 atom stereocenters. The van der Waals surface area contributed by atoms with Crippen molar-refractivity contribution in [2.45, 2.75) is 6.85 Å². The van der Waals surface area contributed by atoms with Gasteiger partial charge in [0.05, 0.1) is 5.56 Å². The first-order valence-corrected chi connectivity index (χ1v) is 2.68. The predicted octanol–water partition coefficient (Wildman–Crippen LogP) is 0.489. The first-order valence-electron chi connectivity index (χ1n) is 4.18. The van der Waals surface area contributed by atoms with E-state index in [4.69, 9.17) is 9.85 Å². The van der Waals surface area contributed by atoms with E-state index in [1.807, 2.05) is 0 Å². The zero-order valence-corrected chi connectivity index (χ0v) is 5.16. The fraction of sp³-hybridized carbons (Fsp3) is 0.143. The third-order valence-corrected chi connectivity index (χ3v) is 1.07. The van der Waals surface area contributed by atoms with Gasteiger partial charge in [0.1, 0.15) is 0 Å². The number of aryl methyl sites for hydroxylation is 1. The predicted molar refractivity (Wildman–Crippen MR) is 37.5 cm³/mol. The van der Waals surface area contributed by atoms with Crippen LogP contribution in [0.3, 0.4) is 0 Å². The number of carbonyl (C=O) groups is 1. The number of aromatic nitrogens is 1. The first kappa shape index (κ1) is 3.71. The van der Waals surface area contributed by atoms with Crippen LogP contribution in [-0.2, 0) is 0 Å². The second kappa shape index (κ2) is 2.47. The van der Waals surface area contributed by atoms with Gasteiger partial charge in [0.25, 0.3) is 5.91 Å². The normalized spacial score (nSPS) is 15.0. The number of nitrogens with two attached hydrogens (primary N) is 1. The maximum atomic E-state index is 10.8. The molecule has 0 bridgehead atoms. The van der Waals surface area contributed by atoms with E-state index in [-0.39, 0.29) is 11.3 Å². The summed E-state index contributed by atoms with van der Waals surface area (Å²) in [6, 6.07) is 2.81. The lowest BCUT2D eigenvalue weighted by Gasteiger charge is -1.96. The monoisotopic (exact) mass is 139 g/mol. The molecule has 0 radical (unpaired) electrons. The molecule has 10 heavy (non-hydrogen) atoms. The topological polar surface area (TPSA) is 56.0 Å². The number of primary amides is 1. The van der Waals surface area contributed by atoms with Gasteiger partial charge < -0.3 is 5.73 Å². The highest BCUT2D eigenvalue weighted by molar-refractivity contribution is 5.93. The highest BCUT2D eigenvalue weighted by Gasteiger charge is 2.01. The minimum Gasteiger partial charge on any atom is -0.366 e. The van der Waals surface area contributed by atoms with Crippen LogP contribution in [0.2, 0.25) is 0 Å². The van der Waals surface area contributed by atoms with Crippen molar-refractivity contribution in [1.29, 1.82) is 0 Å². The van der Waals surface area contributed by atoms with Gasteiger partial charge in [-0.3, -0.25) is 9.78 Å². The van der Waals surface area contributed by atoms with E-state index in [1.165, 1.54) is 18.3 Å². The molecule has 1 rings (SSSR count). The van der Waals surface area contributed by atoms with Gasteiger partial charge in [-0.2, -0.15) is 0 Å². The molecule has 0 aliphatic heterocycles. The molecule has 2 N–H and O–H groups in total. The molecule has 0 saturated heterocycles. The van der Waals surface area contributed by atoms with E-state index in [2.05, 4.69) is 4.98 Å². The number of pyridine rings is 1. The second-order valence-electron chi connectivity index (χ2n) is 1.76. The summed E-state index contributed by atoms with van der Waals surface area (Å²) in [6.07, 6.45) is 1.31. The molecule has 0 aliphatic carbocycles. The Kier molecular flexibility index (Phi) is 0.917. The van der Waals surface area contributed by atoms with Crippen LogP contribution in [0.25, 0.3) is 0 Å². The van der Waals surface area contributed by atoms with Gasteiger partial charge in [-0.15, -0.1) is 0 Å². The molecule has 1 aromatic heterocycles. The Balaban J connectivity index is 3.28. The van der Waals surface area contributed by atoms with Gasteiger partial charge >= 0.3 is 0 Å². The highest BCUT2D eigenvalue weighted by atomic mass is 16.1. The molecule has 0 fully saturated rings. The number of hydrogen-bond acceptors (Lipinski definition) is 2. The van der Waals surface area contributed by atoms with Crippen LogP contribution >= 0.6 is 0 Å². The van der Waals surface area contributed by atoms with Crippen LogP contribution in [-0.4, -0.2) is 10.9 Å². The van der Waals surface area contributed by atoms with Crippen molar-refractivity contribution in [3.05, 3.63) is 29.6 Å². The van der Waals surface area contributed by atoms with E-state index in [1.54, 1.807) is 0 Å². The second-order valence-corrected chi connectivity index (χ2v) is 1.76. The van der Waals surface area contributed by atoms with E-state index >= 15 is 0 Å². The fourth-order valence-electron chi connectivity index (χ4n) is 0.604. The zero-order chi connectivity index (χ0) is 10.1. The molecule has 1 aromatic rings. The molecule has 1 amide bonds. The van der Waals surface area contributed by atoms with Crippen molar-refractivity contribution in [2.24, 2.45) is 5.73 Å². The molecule has 52 valence electrons. The molecule has 0 aromatic carbocycles. The molecular formula is C7H8N2O. The van der Waals surface area contributed by atoms with Crippen LogP contribution in [0.5, 0.6) is 0 Å². The van der Waals surface area contributed by atoms with Crippen LogP contribution in [0.15, 0.2) is 18.3 Å². The lowest BCUT2D eigenvalue weighted by Crippen LogP contribution is -2.12. The largest absolute Gasteiger partial charge is 0.366 e. The van der Waals surface area contributed by atoms with Gasteiger partial charge in [-0.1, -0.05) is 0 Å². The lowest BCUT2D eigenvalue weighted by atomic mass is 10.2. The zero-order valence-electron chi connectivity index (χ0n) is 8.16. The molecule has 0 unspecified atom stereocenters. The average Bonchev–Trinajstić information content (AvgIpc) is 2.03. The summed E-state index contributed by atoms with van der Waals surface area (Å²) in [5, 5.41) is 0. The summed E-state index contributed by atoms with van der Waals surface area (Å²) in [7, 11) is 0. The summed E-state index contributed by atoms with van der Waals surface area (Å²) in [4.78, 5) is 14.4. The number of nitrogens with zero attached hydrogens (tertiary/aromatic N) is 1. The summed E-state index contributed by atoms with van der Waals surface area (Å²) in [6.45, 7) is -2.40. The van der Waals surface area contributed by atoms with E-state index in [0.29, 0.717) is 0 Å². The van der Waals surface area contributed by atoms with Crippen LogP contribution in [0.1, 0.15) is 20.2 Å². The lowest BCUT2D eigenvalue weighted by molar-refractivity contribution is 0.0999. The molecule has 0 spiro atoms. The SMILES string of the molecule is [2H]C([2H])([2H])c1ncccc1C(N)=O. The van der Waals surface area contributed by atoms with Gasteiger partial charge in [0.2, 0.25) is 0 Å². The fourth-order valence-corrected chi connectivity index (χ4v) is 0.604. The summed E-state index contributed by atoms with van der Waals surface area (Å²) >= 11 is 0. The van der Waals surface area contributed by atoms with Crippen molar-refractivity contribution < 1.29 is 8.91 Å². The maximum Gasteiger partial charge on any atom is 0.250 e. The number of amides is 1. The third-order valence-electron chi connectivity index (χ3n) is 1.07. The van der Waals surface area contributed by atoms with Gasteiger partial charge in [-0.05, 0) is 19.0 Å². The molecular weight excluding hydrogens is 128 g/mol. The highest BCUT2D eigenvalue weighted by Crippen LogP contribution is 2.00. The summed E-state index contributed by atoms with van der Waals surface area (Å²) in [5.74, 6) is -0.778. The smallest absolute Gasteiger partial charge is 0.250 e. The summed E-state index contributed by atoms with van der Waals surface area (Å²) < 4.78 is 21.2. The Bertz CT molecular complexity index is 335. The Morgan fingerprint density at radius 1 is 1.90 bits per heavy atom. The number of carbonyl (C=O) groups excluding carboxylic acids is 1. The van der Waals surface area contributed by atoms with Crippen molar-refractivity contribution in [3.8, 4) is 0 Å². The Labute approximate surface area is 63.1 Å². The van der Waals surface area contributed by atoms with Gasteiger partial charge in [0, 0.05) is 16.0 Å². The minimum absolute atomic E-state index is 0.0532.